The molecule has 114 valence electrons. The molecule has 21 heavy (non-hydrogen) atoms. The summed E-state index contributed by atoms with van der Waals surface area (Å²) in [4.78, 5) is 19.1. The number of fused-ring (bicyclic) bond motifs is 2. The maximum absolute atomic E-state index is 12.8. The van der Waals surface area contributed by atoms with Crippen molar-refractivity contribution in [1.82, 2.24) is 19.7 Å². The molecule has 3 unspecified atom stereocenters. The summed E-state index contributed by atoms with van der Waals surface area (Å²) in [5.41, 5.74) is -0.304. The molecule has 4 heterocycles. The molecule has 4 rings (SSSR count). The number of rotatable bonds is 2. The lowest BCUT2D eigenvalue weighted by Crippen LogP contribution is -2.57. The van der Waals surface area contributed by atoms with E-state index >= 15 is 0 Å². The number of ether oxygens (including phenoxy) is 1. The van der Waals surface area contributed by atoms with E-state index < -0.39 is 0 Å². The lowest BCUT2D eigenvalue weighted by atomic mass is 9.74. The fourth-order valence-corrected chi connectivity index (χ4v) is 4.17. The number of nitrogens with zero attached hydrogens (tertiary/aromatic N) is 4. The number of likely N-dealkylation sites (tertiary alicyclic amines) is 1. The van der Waals surface area contributed by atoms with Crippen LogP contribution in [0.2, 0.25) is 0 Å². The van der Waals surface area contributed by atoms with Crippen LogP contribution in [0.4, 0.5) is 0 Å². The third-order valence-corrected chi connectivity index (χ3v) is 5.36. The van der Waals surface area contributed by atoms with Crippen molar-refractivity contribution in [3.8, 4) is 0 Å². The van der Waals surface area contributed by atoms with Crippen LogP contribution in [0.5, 0.6) is 0 Å². The first-order valence-electron chi connectivity index (χ1n) is 7.82. The van der Waals surface area contributed by atoms with Gasteiger partial charge in [-0.05, 0) is 40.0 Å². The molecule has 0 saturated carbocycles. The normalized spacial score (nSPS) is 35.3. The van der Waals surface area contributed by atoms with Gasteiger partial charge in [-0.25, -0.2) is 9.67 Å². The molecular weight excluding hydrogens is 268 g/mol. The molecule has 3 fully saturated rings. The zero-order valence-electron chi connectivity index (χ0n) is 12.9. The van der Waals surface area contributed by atoms with Crippen LogP contribution in [-0.4, -0.2) is 50.9 Å². The molecule has 2 bridgehead atoms. The Balaban J connectivity index is 1.44. The lowest BCUT2D eigenvalue weighted by molar-refractivity contribution is -0.150. The van der Waals surface area contributed by atoms with Gasteiger partial charge in [0.2, 0.25) is 5.91 Å². The molecule has 1 amide bonds. The first-order chi connectivity index (χ1) is 9.97. The smallest absolute Gasteiger partial charge is 0.231 e. The molecule has 6 nitrogen and oxygen atoms in total. The molecule has 3 aliphatic rings. The quantitative estimate of drug-likeness (QED) is 0.822. The van der Waals surface area contributed by atoms with Crippen LogP contribution in [0.25, 0.3) is 0 Å². The summed E-state index contributed by atoms with van der Waals surface area (Å²) < 4.78 is 7.84. The zero-order valence-corrected chi connectivity index (χ0v) is 12.9. The van der Waals surface area contributed by atoms with Gasteiger partial charge in [0, 0.05) is 13.1 Å². The van der Waals surface area contributed by atoms with Gasteiger partial charge in [0.05, 0.1) is 23.7 Å². The summed E-state index contributed by atoms with van der Waals surface area (Å²) in [6.07, 6.45) is 3.48. The maximum Gasteiger partial charge on any atom is 0.231 e. The largest absolute Gasteiger partial charge is 0.374 e. The monoisotopic (exact) mass is 290 g/mol. The fourth-order valence-electron chi connectivity index (χ4n) is 4.17. The number of amides is 1. The minimum atomic E-state index is -0.304. The van der Waals surface area contributed by atoms with Gasteiger partial charge in [-0.2, -0.15) is 5.10 Å². The van der Waals surface area contributed by atoms with Crippen LogP contribution in [0.3, 0.4) is 0 Å². The number of carbonyl (C=O) groups excluding carboxylic acids is 1. The minimum absolute atomic E-state index is 0.129. The highest BCUT2D eigenvalue weighted by molar-refractivity contribution is 5.84. The molecular formula is C15H22N4O2. The van der Waals surface area contributed by atoms with Gasteiger partial charge in [-0.1, -0.05) is 0 Å². The van der Waals surface area contributed by atoms with E-state index in [1.807, 2.05) is 23.4 Å². The van der Waals surface area contributed by atoms with Crippen molar-refractivity contribution in [3.05, 3.63) is 11.6 Å². The van der Waals surface area contributed by atoms with E-state index in [1.54, 1.807) is 0 Å². The molecule has 1 aromatic heterocycles. The highest BCUT2D eigenvalue weighted by Crippen LogP contribution is 2.49. The lowest BCUT2D eigenvalue weighted by Gasteiger charge is -2.44. The molecule has 0 radical (unpaired) electrons. The van der Waals surface area contributed by atoms with Gasteiger partial charge in [0.25, 0.3) is 0 Å². The van der Waals surface area contributed by atoms with E-state index in [0.29, 0.717) is 6.10 Å². The summed E-state index contributed by atoms with van der Waals surface area (Å²) in [7, 11) is 0. The Morgan fingerprint density at radius 2 is 2.10 bits per heavy atom. The van der Waals surface area contributed by atoms with Crippen LogP contribution in [-0.2, 0) is 9.53 Å². The van der Waals surface area contributed by atoms with Crippen molar-refractivity contribution in [2.24, 2.45) is 5.41 Å². The molecule has 3 atom stereocenters. The van der Waals surface area contributed by atoms with Crippen molar-refractivity contribution in [3.63, 3.8) is 0 Å². The highest BCUT2D eigenvalue weighted by atomic mass is 16.5. The van der Waals surface area contributed by atoms with Crippen LogP contribution in [0.1, 0.15) is 43.9 Å². The Morgan fingerprint density at radius 1 is 1.33 bits per heavy atom. The first-order valence-corrected chi connectivity index (χ1v) is 7.82. The average Bonchev–Trinajstić information content (AvgIpc) is 3.03. The summed E-state index contributed by atoms with van der Waals surface area (Å²) in [5.74, 6) is 1.99. The third-order valence-electron chi connectivity index (χ3n) is 5.36. The summed E-state index contributed by atoms with van der Waals surface area (Å²) >= 11 is 0. The molecule has 6 heteroatoms. The van der Waals surface area contributed by atoms with Gasteiger partial charge >= 0.3 is 0 Å². The zero-order chi connectivity index (χ0) is 14.8. The second-order valence-electron chi connectivity index (χ2n) is 6.96. The molecule has 3 aliphatic heterocycles. The standard InChI is InChI=1S/C15H22N4O2/c1-9-16-10(2)19(17-9)11-7-18(8-11)14(20)15(3)6-12-4-5-13(15)21-12/h11-13H,4-8H2,1-3H3. The predicted octanol–water partition coefficient (Wildman–Crippen LogP) is 1.24. The van der Waals surface area contributed by atoms with Gasteiger partial charge in [0.1, 0.15) is 11.6 Å². The third kappa shape index (κ3) is 1.84. The van der Waals surface area contributed by atoms with Crippen molar-refractivity contribution in [1.29, 1.82) is 0 Å². The topological polar surface area (TPSA) is 60.2 Å². The SMILES string of the molecule is Cc1nc(C)n(C2CN(C(=O)C3(C)CC4CCC3O4)C2)n1. The summed E-state index contributed by atoms with van der Waals surface area (Å²) in [6.45, 7) is 7.44. The van der Waals surface area contributed by atoms with E-state index in [-0.39, 0.29) is 23.5 Å². The van der Waals surface area contributed by atoms with Gasteiger partial charge < -0.3 is 9.64 Å². The van der Waals surface area contributed by atoms with Gasteiger partial charge in [-0.3, -0.25) is 4.79 Å². The van der Waals surface area contributed by atoms with Crippen LogP contribution in [0, 0.1) is 19.3 Å². The Hall–Kier alpha value is -1.43. The predicted molar refractivity (Wildman–Crippen MR) is 75.7 cm³/mol. The van der Waals surface area contributed by atoms with E-state index in [1.165, 1.54) is 0 Å². The van der Waals surface area contributed by atoms with Gasteiger partial charge in [0.15, 0.2) is 0 Å². The van der Waals surface area contributed by atoms with E-state index in [9.17, 15) is 4.79 Å². The molecule has 0 spiro atoms. The fraction of sp³-hybridized carbons (Fsp3) is 0.800. The molecule has 3 saturated heterocycles. The number of aryl methyl sites for hydroxylation is 2. The Bertz CT molecular complexity index is 592. The van der Waals surface area contributed by atoms with E-state index in [2.05, 4.69) is 17.0 Å². The average molecular weight is 290 g/mol. The van der Waals surface area contributed by atoms with Crippen molar-refractivity contribution < 1.29 is 9.53 Å². The Labute approximate surface area is 124 Å². The second kappa shape index (κ2) is 4.29. The van der Waals surface area contributed by atoms with E-state index in [4.69, 9.17) is 4.74 Å². The minimum Gasteiger partial charge on any atom is -0.374 e. The second-order valence-corrected chi connectivity index (χ2v) is 6.96. The Morgan fingerprint density at radius 3 is 2.62 bits per heavy atom. The first kappa shape index (κ1) is 13.2. The summed E-state index contributed by atoms with van der Waals surface area (Å²) in [6, 6.07) is 0.276. The number of hydrogen-bond acceptors (Lipinski definition) is 4. The van der Waals surface area contributed by atoms with Gasteiger partial charge in [-0.15, -0.1) is 0 Å². The molecule has 1 aromatic rings. The Kier molecular flexibility index (Phi) is 2.70. The van der Waals surface area contributed by atoms with Crippen LogP contribution < -0.4 is 0 Å². The summed E-state index contributed by atoms with van der Waals surface area (Å²) in [5, 5.41) is 4.42. The molecule has 0 N–H and O–H groups in total. The van der Waals surface area contributed by atoms with Crippen molar-refractivity contribution in [2.45, 2.75) is 58.3 Å². The van der Waals surface area contributed by atoms with Crippen LogP contribution >= 0.6 is 0 Å². The molecule has 0 aliphatic carbocycles. The molecule has 0 aromatic carbocycles. The van der Waals surface area contributed by atoms with Crippen molar-refractivity contribution >= 4 is 5.91 Å². The number of carbonyl (C=O) groups is 1. The maximum atomic E-state index is 12.8. The number of hydrogen-bond donors (Lipinski definition) is 0. The highest BCUT2D eigenvalue weighted by Gasteiger charge is 2.56. The van der Waals surface area contributed by atoms with E-state index in [0.717, 1.165) is 44.0 Å². The van der Waals surface area contributed by atoms with Crippen molar-refractivity contribution in [2.75, 3.05) is 13.1 Å². The van der Waals surface area contributed by atoms with Crippen LogP contribution in [0.15, 0.2) is 0 Å². The number of aromatic nitrogens is 3.